The molecule has 1 aliphatic rings. The van der Waals surface area contributed by atoms with Gasteiger partial charge in [0.2, 0.25) is 10.0 Å². The fourth-order valence-electron chi connectivity index (χ4n) is 1.91. The summed E-state index contributed by atoms with van der Waals surface area (Å²) in [6.45, 7) is 3.43. The number of nitrogens with one attached hydrogen (secondary N) is 1. The van der Waals surface area contributed by atoms with Crippen molar-refractivity contribution in [3.8, 4) is 0 Å². The first kappa shape index (κ1) is 12.5. The van der Waals surface area contributed by atoms with E-state index in [-0.39, 0.29) is 11.8 Å². The Labute approximate surface area is 102 Å². The molecule has 0 aliphatic carbocycles. The molecule has 1 saturated heterocycles. The first-order chi connectivity index (χ1) is 8.08. The Kier molecular flexibility index (Phi) is 3.76. The van der Waals surface area contributed by atoms with Crippen LogP contribution in [0.1, 0.15) is 12.5 Å². The maximum atomic E-state index is 12.0. The molecule has 0 amide bonds. The summed E-state index contributed by atoms with van der Waals surface area (Å²) in [5.74, 6) is 0.164. The minimum atomic E-state index is -3.15. The van der Waals surface area contributed by atoms with E-state index in [1.54, 1.807) is 12.4 Å². The highest BCUT2D eigenvalue weighted by Gasteiger charge is 2.26. The SMILES string of the molecule is CC1CN(Cc2cccnc2)S(=O)(=O)CCN1. The molecule has 2 heterocycles. The van der Waals surface area contributed by atoms with E-state index in [2.05, 4.69) is 10.3 Å². The van der Waals surface area contributed by atoms with Crippen molar-refractivity contribution in [2.75, 3.05) is 18.8 Å². The third kappa shape index (κ3) is 3.24. The number of hydrogen-bond donors (Lipinski definition) is 1. The van der Waals surface area contributed by atoms with Crippen LogP contribution in [0.25, 0.3) is 0 Å². The van der Waals surface area contributed by atoms with Gasteiger partial charge >= 0.3 is 0 Å². The normalized spacial score (nSPS) is 25.4. The summed E-state index contributed by atoms with van der Waals surface area (Å²) in [5.41, 5.74) is 0.921. The average Bonchev–Trinajstić information content (AvgIpc) is 2.40. The fraction of sp³-hybridized carbons (Fsp3) is 0.545. The van der Waals surface area contributed by atoms with E-state index in [0.29, 0.717) is 19.6 Å². The second-order valence-electron chi connectivity index (χ2n) is 4.32. The lowest BCUT2D eigenvalue weighted by molar-refractivity contribution is 0.377. The summed E-state index contributed by atoms with van der Waals surface area (Å²) < 4.78 is 25.6. The van der Waals surface area contributed by atoms with E-state index >= 15 is 0 Å². The molecule has 1 aromatic rings. The number of pyridine rings is 1. The van der Waals surface area contributed by atoms with Crippen LogP contribution >= 0.6 is 0 Å². The van der Waals surface area contributed by atoms with Crippen LogP contribution in [0.5, 0.6) is 0 Å². The largest absolute Gasteiger partial charge is 0.312 e. The third-order valence-electron chi connectivity index (χ3n) is 2.81. The van der Waals surface area contributed by atoms with Crippen LogP contribution in [0.3, 0.4) is 0 Å². The van der Waals surface area contributed by atoms with Crippen LogP contribution in [0.2, 0.25) is 0 Å². The topological polar surface area (TPSA) is 62.3 Å². The molecule has 0 bridgehead atoms. The van der Waals surface area contributed by atoms with Gasteiger partial charge < -0.3 is 5.32 Å². The predicted octanol–water partition coefficient (Wildman–Crippen LogP) is 0.205. The van der Waals surface area contributed by atoms with Gasteiger partial charge in [-0.15, -0.1) is 0 Å². The smallest absolute Gasteiger partial charge is 0.215 e. The fourth-order valence-corrected chi connectivity index (χ4v) is 3.34. The molecule has 0 aromatic carbocycles. The Balaban J connectivity index is 2.17. The van der Waals surface area contributed by atoms with E-state index in [4.69, 9.17) is 0 Å². The van der Waals surface area contributed by atoms with E-state index < -0.39 is 10.0 Å². The van der Waals surface area contributed by atoms with Gasteiger partial charge in [0.15, 0.2) is 0 Å². The molecule has 1 fully saturated rings. The second kappa shape index (κ2) is 5.12. The lowest BCUT2D eigenvalue weighted by atomic mass is 10.2. The van der Waals surface area contributed by atoms with Crippen molar-refractivity contribution in [1.29, 1.82) is 0 Å². The predicted molar refractivity (Wildman–Crippen MR) is 65.9 cm³/mol. The van der Waals surface area contributed by atoms with Crippen LogP contribution in [-0.4, -0.2) is 42.6 Å². The van der Waals surface area contributed by atoms with E-state index in [0.717, 1.165) is 5.56 Å². The first-order valence-corrected chi connectivity index (χ1v) is 7.29. The van der Waals surface area contributed by atoms with Gasteiger partial charge in [0.05, 0.1) is 5.75 Å². The molecule has 5 nitrogen and oxygen atoms in total. The van der Waals surface area contributed by atoms with Crippen LogP contribution in [0.15, 0.2) is 24.5 Å². The zero-order chi connectivity index (χ0) is 12.3. The minimum Gasteiger partial charge on any atom is -0.312 e. The van der Waals surface area contributed by atoms with Crippen molar-refractivity contribution in [2.24, 2.45) is 0 Å². The second-order valence-corrected chi connectivity index (χ2v) is 6.41. The van der Waals surface area contributed by atoms with Crippen molar-refractivity contribution in [2.45, 2.75) is 19.5 Å². The Morgan fingerprint density at radius 2 is 2.41 bits per heavy atom. The molecule has 94 valence electrons. The average molecular weight is 255 g/mol. The lowest BCUT2D eigenvalue weighted by Gasteiger charge is -2.21. The highest BCUT2D eigenvalue weighted by Crippen LogP contribution is 2.11. The van der Waals surface area contributed by atoms with Crippen molar-refractivity contribution in [3.05, 3.63) is 30.1 Å². The maximum Gasteiger partial charge on any atom is 0.215 e. The molecule has 1 aliphatic heterocycles. The van der Waals surface area contributed by atoms with Crippen molar-refractivity contribution in [1.82, 2.24) is 14.6 Å². The van der Waals surface area contributed by atoms with Crippen molar-refractivity contribution >= 4 is 10.0 Å². The Hall–Kier alpha value is -0.980. The highest BCUT2D eigenvalue weighted by molar-refractivity contribution is 7.89. The molecule has 2 rings (SSSR count). The zero-order valence-electron chi connectivity index (χ0n) is 9.83. The van der Waals surface area contributed by atoms with Gasteiger partial charge in [-0.05, 0) is 18.6 Å². The summed E-state index contributed by atoms with van der Waals surface area (Å²) in [6, 6.07) is 3.90. The Bertz CT molecular complexity index is 461. The van der Waals surface area contributed by atoms with Gasteiger partial charge in [-0.25, -0.2) is 8.42 Å². The molecule has 6 heteroatoms. The highest BCUT2D eigenvalue weighted by atomic mass is 32.2. The maximum absolute atomic E-state index is 12.0. The first-order valence-electron chi connectivity index (χ1n) is 5.68. The molecule has 0 saturated carbocycles. The van der Waals surface area contributed by atoms with Crippen LogP contribution in [0.4, 0.5) is 0 Å². The Morgan fingerprint density at radius 1 is 1.59 bits per heavy atom. The number of rotatable bonds is 2. The van der Waals surface area contributed by atoms with Gasteiger partial charge in [-0.3, -0.25) is 4.98 Å². The van der Waals surface area contributed by atoms with Gasteiger partial charge in [-0.1, -0.05) is 6.07 Å². The molecular formula is C11H17N3O2S. The van der Waals surface area contributed by atoms with E-state index in [1.807, 2.05) is 19.1 Å². The zero-order valence-corrected chi connectivity index (χ0v) is 10.7. The quantitative estimate of drug-likeness (QED) is 0.820. The molecule has 1 aromatic heterocycles. The van der Waals surface area contributed by atoms with E-state index in [1.165, 1.54) is 4.31 Å². The summed E-state index contributed by atoms with van der Waals surface area (Å²) in [4.78, 5) is 4.00. The van der Waals surface area contributed by atoms with Crippen LogP contribution < -0.4 is 5.32 Å². The van der Waals surface area contributed by atoms with Gasteiger partial charge in [0.25, 0.3) is 0 Å². The molecule has 0 radical (unpaired) electrons. The lowest BCUT2D eigenvalue weighted by Crippen LogP contribution is -2.37. The molecule has 1 atom stereocenters. The summed E-state index contributed by atoms with van der Waals surface area (Å²) in [7, 11) is -3.15. The van der Waals surface area contributed by atoms with E-state index in [9.17, 15) is 8.42 Å². The minimum absolute atomic E-state index is 0.164. The Morgan fingerprint density at radius 3 is 3.12 bits per heavy atom. The van der Waals surface area contributed by atoms with Crippen LogP contribution in [-0.2, 0) is 16.6 Å². The van der Waals surface area contributed by atoms with Crippen LogP contribution in [0, 0.1) is 0 Å². The van der Waals surface area contributed by atoms with Gasteiger partial charge in [-0.2, -0.15) is 4.31 Å². The summed E-state index contributed by atoms with van der Waals surface area (Å²) in [5, 5.41) is 3.18. The number of aromatic nitrogens is 1. The van der Waals surface area contributed by atoms with Gasteiger partial charge in [0, 0.05) is 38.1 Å². The molecular weight excluding hydrogens is 238 g/mol. The molecule has 17 heavy (non-hydrogen) atoms. The number of nitrogens with zero attached hydrogens (tertiary/aromatic N) is 2. The summed E-state index contributed by atoms with van der Waals surface area (Å²) in [6.07, 6.45) is 3.39. The van der Waals surface area contributed by atoms with Crippen molar-refractivity contribution < 1.29 is 8.42 Å². The standard InChI is InChI=1S/C11H17N3O2S/c1-10-8-14(17(15,16)6-5-13-10)9-11-3-2-4-12-7-11/h2-4,7,10,13H,5-6,8-9H2,1H3. The monoisotopic (exact) mass is 255 g/mol. The summed E-state index contributed by atoms with van der Waals surface area (Å²) >= 11 is 0. The van der Waals surface area contributed by atoms with Gasteiger partial charge in [0.1, 0.15) is 0 Å². The number of hydrogen-bond acceptors (Lipinski definition) is 4. The molecule has 1 N–H and O–H groups in total. The third-order valence-corrected chi connectivity index (χ3v) is 4.59. The molecule has 0 spiro atoms. The molecule has 1 unspecified atom stereocenters. The van der Waals surface area contributed by atoms with Crippen molar-refractivity contribution in [3.63, 3.8) is 0 Å². The number of sulfonamides is 1.